The van der Waals surface area contributed by atoms with Gasteiger partial charge in [0.2, 0.25) is 11.8 Å². The van der Waals surface area contributed by atoms with E-state index in [9.17, 15) is 33.6 Å². The molecule has 0 atom stereocenters. The van der Waals surface area contributed by atoms with Crippen molar-refractivity contribution < 1.29 is 47.8 Å². The number of ketones is 2. The number of benzene rings is 5. The Hall–Kier alpha value is -11.1. The van der Waals surface area contributed by atoms with Gasteiger partial charge in [0.15, 0.2) is 5.78 Å². The first-order valence-corrected chi connectivity index (χ1v) is 48.2. The van der Waals surface area contributed by atoms with Crippen molar-refractivity contribution in [1.29, 1.82) is 10.5 Å². The van der Waals surface area contributed by atoms with Gasteiger partial charge in [-0.15, -0.1) is 79.4 Å². The van der Waals surface area contributed by atoms with Crippen LogP contribution < -0.4 is 27.4 Å². The molecule has 11 heterocycles. The minimum atomic E-state index is -0.534. The van der Waals surface area contributed by atoms with Gasteiger partial charge in [0, 0.05) is 140 Å². The van der Waals surface area contributed by atoms with Crippen molar-refractivity contribution in [1.82, 2.24) is 40.0 Å². The number of likely N-dealkylation sites (tertiary alicyclic amines) is 1. The van der Waals surface area contributed by atoms with E-state index in [1.54, 1.807) is 84.4 Å². The van der Waals surface area contributed by atoms with E-state index in [0.717, 1.165) is 144 Å². The molecule has 7 aromatic heterocycles. The quantitative estimate of drug-likeness (QED) is 0.0310. The molecule has 0 spiro atoms. The van der Waals surface area contributed by atoms with E-state index in [1.165, 1.54) is 45.6 Å². The second-order valence-corrected chi connectivity index (χ2v) is 40.0. The number of nitrogens with one attached hydrogen (secondary N) is 3. The van der Waals surface area contributed by atoms with E-state index in [2.05, 4.69) is 90.2 Å². The molecule has 4 aliphatic heterocycles. The summed E-state index contributed by atoms with van der Waals surface area (Å²) in [6.07, 6.45) is 3.04. The largest absolute Gasteiger partial charge is 0.444 e. The molecule has 7 N–H and O–H groups in total. The lowest BCUT2D eigenvalue weighted by atomic mass is 10.0. The van der Waals surface area contributed by atoms with Gasteiger partial charge >= 0.3 is 18.3 Å². The van der Waals surface area contributed by atoms with Crippen LogP contribution in [-0.2, 0) is 73.9 Å². The van der Waals surface area contributed by atoms with E-state index in [0.29, 0.717) is 70.3 Å². The number of thiocarbonyl (C=S) groups is 1. The third kappa shape index (κ3) is 29.5. The molecule has 33 heteroatoms. The van der Waals surface area contributed by atoms with Crippen LogP contribution in [0.3, 0.4) is 0 Å². The summed E-state index contributed by atoms with van der Waals surface area (Å²) < 4.78 is 16.2. The lowest BCUT2D eigenvalue weighted by Gasteiger charge is -2.30. The van der Waals surface area contributed by atoms with Crippen LogP contribution >= 0.6 is 108 Å². The van der Waals surface area contributed by atoms with Gasteiger partial charge < -0.3 is 56.3 Å². The first-order valence-electron chi connectivity index (χ1n) is 40.8. The average Bonchev–Trinajstić information content (AvgIpc) is 1.63. The van der Waals surface area contributed by atoms with Gasteiger partial charge in [-0.05, 0) is 105 Å². The zero-order chi connectivity index (χ0) is 91.5. The summed E-state index contributed by atoms with van der Waals surface area (Å²) in [5.41, 5.74) is 25.6. The van der Waals surface area contributed by atoms with Crippen molar-refractivity contribution in [2.45, 2.75) is 158 Å². The molecule has 16 rings (SSSR count). The second kappa shape index (κ2) is 46.6. The minimum absolute atomic E-state index is 0.0392. The van der Waals surface area contributed by atoms with Crippen molar-refractivity contribution in [3.05, 3.63) is 215 Å². The molecule has 127 heavy (non-hydrogen) atoms. The van der Waals surface area contributed by atoms with Crippen molar-refractivity contribution >= 4 is 169 Å². The molecule has 5 aromatic carbocycles. The molecule has 1 fully saturated rings. The number of aromatic nitrogens is 4. The number of rotatable bonds is 13. The summed E-state index contributed by atoms with van der Waals surface area (Å²) in [5, 5.41) is 40.5. The summed E-state index contributed by atoms with van der Waals surface area (Å²) >= 11 is 18.5. The number of carbonyl (C=O) groups is 7. The number of nitriles is 2. The number of anilines is 3. The Morgan fingerprint density at radius 3 is 1.24 bits per heavy atom. The van der Waals surface area contributed by atoms with E-state index in [1.807, 2.05) is 200 Å². The van der Waals surface area contributed by atoms with Crippen LogP contribution in [0.15, 0.2) is 173 Å². The second-order valence-electron chi connectivity index (χ2n) is 32.0. The van der Waals surface area contributed by atoms with E-state index in [-0.39, 0.29) is 53.1 Å². The van der Waals surface area contributed by atoms with Crippen LogP contribution in [0.2, 0.25) is 0 Å². The number of hydrogen-bond acceptors (Lipinski definition) is 26. The Labute approximate surface area is 782 Å². The lowest BCUT2D eigenvalue weighted by molar-refractivity contribution is -0.121. The number of halogens is 1. The summed E-state index contributed by atoms with van der Waals surface area (Å²) in [6.45, 7) is 24.8. The smallest absolute Gasteiger partial charge is 0.410 e. The van der Waals surface area contributed by atoms with Crippen LogP contribution in [0, 0.1) is 22.7 Å². The highest BCUT2D eigenvalue weighted by Gasteiger charge is 2.34. The molecule has 4 aliphatic rings. The van der Waals surface area contributed by atoms with Gasteiger partial charge in [-0.3, -0.25) is 19.2 Å². The highest BCUT2D eigenvalue weighted by Crippen LogP contribution is 2.48. The normalized spacial score (nSPS) is 13.1. The van der Waals surface area contributed by atoms with Crippen LogP contribution in [0.4, 0.5) is 29.4 Å². The molecule has 0 unspecified atom stereocenters. The zero-order valence-corrected chi connectivity index (χ0v) is 80.6. The third-order valence-corrected chi connectivity index (χ3v) is 26.0. The number of amides is 5. The van der Waals surface area contributed by atoms with E-state index < -0.39 is 16.8 Å². The molecule has 24 nitrogen and oxygen atoms in total. The number of alkyl halides is 1. The van der Waals surface area contributed by atoms with E-state index >= 15 is 0 Å². The molecule has 12 aromatic rings. The van der Waals surface area contributed by atoms with Gasteiger partial charge in [0.05, 0.1) is 76.2 Å². The predicted octanol–water partition coefficient (Wildman–Crippen LogP) is 22.3. The van der Waals surface area contributed by atoms with Gasteiger partial charge in [0.1, 0.15) is 52.6 Å². The molecule has 0 saturated carbocycles. The van der Waals surface area contributed by atoms with Crippen molar-refractivity contribution in [3.63, 3.8) is 0 Å². The zero-order valence-electron chi connectivity index (χ0n) is 72.5. The molecule has 5 amide bonds. The Balaban J connectivity index is 0.000000162. The number of fused-ring (bicyclic) bond motifs is 3. The first-order chi connectivity index (χ1) is 60.6. The number of nitrogens with zero attached hydrogens (tertiary/aromatic N) is 9. The van der Waals surface area contributed by atoms with Crippen LogP contribution in [0.25, 0.3) is 76.7 Å². The van der Waals surface area contributed by atoms with E-state index in [4.69, 9.17) is 51.2 Å². The summed E-state index contributed by atoms with van der Waals surface area (Å²) in [4.78, 5) is 110. The van der Waals surface area contributed by atoms with Crippen molar-refractivity contribution in [2.24, 2.45) is 5.73 Å². The average molecular weight is 1920 g/mol. The Morgan fingerprint density at radius 1 is 0.496 bits per heavy atom. The number of nitrogen functional groups attached to an aromatic ring is 1. The minimum Gasteiger partial charge on any atom is -0.444 e. The summed E-state index contributed by atoms with van der Waals surface area (Å²) in [6, 6.07) is 53.5. The monoisotopic (exact) mass is 1920 g/mol. The summed E-state index contributed by atoms with van der Waals surface area (Å²) in [7, 11) is 0. The van der Waals surface area contributed by atoms with Gasteiger partial charge in [-0.25, -0.2) is 34.3 Å². The van der Waals surface area contributed by atoms with Crippen LogP contribution in [-0.4, -0.2) is 136 Å². The topological polar surface area (TPSA) is 344 Å². The number of piperidine rings is 1. The number of thiophene rings is 3. The van der Waals surface area contributed by atoms with Crippen LogP contribution in [0.1, 0.15) is 142 Å². The maximum Gasteiger partial charge on any atom is 0.410 e. The molecule has 0 bridgehead atoms. The van der Waals surface area contributed by atoms with Crippen molar-refractivity contribution in [3.8, 4) is 88.9 Å². The van der Waals surface area contributed by atoms with Gasteiger partial charge in [0.25, 0.3) is 0 Å². The van der Waals surface area contributed by atoms with Gasteiger partial charge in [-0.1, -0.05) is 180 Å². The fraction of sp³-hybridized carbons (Fsp3) is 0.319. The SMILES string of the molecule is CC(=O)Nc1sc2c(c1-c1nc(-c3ccccc3)cs1)CCN(C(=O)OC(C)(C)C)C2.CC(=O)Nc1sc2c(c1-c1nc(-c3ccccc3)cs1)CCNC2.CC(C)(C)OC(=O)N1CCC(=O)CC1.CC(C)(C)OC(=O)N1CCc2c(sc(N)c2-c2nc(-c3ccccc3)cs2)C1.N#CCC(N)=S.N#CCc1nc(-c2ccccc2)cs1.O=C(CBr)c1ccccc1. The molecule has 0 aliphatic carbocycles. The third-order valence-electron chi connectivity index (χ3n) is 18.6. The maximum atomic E-state index is 12.6. The first kappa shape index (κ1) is 98.1. The number of carbonyl (C=O) groups excluding carboxylic acids is 7. The highest BCUT2D eigenvalue weighted by atomic mass is 79.9. The number of thiazole rings is 4. The molecular weight excluding hydrogens is 1820 g/mol. The van der Waals surface area contributed by atoms with Gasteiger partial charge in [-0.2, -0.15) is 10.5 Å². The number of hydrogen-bond donors (Lipinski definition) is 5. The van der Waals surface area contributed by atoms with Crippen molar-refractivity contribution in [2.75, 3.05) is 54.4 Å². The summed E-state index contributed by atoms with van der Waals surface area (Å²) in [5.74, 6) is 0.191. The molecule has 662 valence electrons. The Bertz CT molecular complexity index is 5830. The number of nitrogens with two attached hydrogens (primary N) is 2. The maximum absolute atomic E-state index is 12.6. The molecule has 0 radical (unpaired) electrons. The number of Topliss-reactive ketones (excluding diaryl/α,β-unsaturated/α-hetero) is 2. The Morgan fingerprint density at radius 2 is 0.858 bits per heavy atom. The molecule has 1 saturated heterocycles. The predicted molar refractivity (Wildman–Crippen MR) is 522 cm³/mol. The fourth-order valence-corrected chi connectivity index (χ4v) is 20.7. The highest BCUT2D eigenvalue weighted by molar-refractivity contribution is 9.09. The Kier molecular flexibility index (Phi) is 36.0. The molecular formula is C94H101BrN14O10S8. The van der Waals surface area contributed by atoms with Crippen LogP contribution in [0.5, 0.6) is 0 Å². The fourth-order valence-electron chi connectivity index (χ4n) is 12.9. The number of ether oxygens (including phenoxy) is 3. The standard InChI is InChI=1S/C23H25N3O3S2.C21H23N3O2S2.C18H17N3OS2.C11H8N2S.C10H17NO3.C8H7BrO.C3H4N2S/c1-14(27)24-21-19(20-25-17(13-30-20)15-8-6-5-7-9-15)16-10-11-26(12-18(16)31-21)22(28)29-23(2,3)4;1-21(2,3)26-20(25)24-10-9-14-16(11-24)28-18(22)17(14)19-23-15(12-27-19)13-7-5-4-6-8-13;1-11(22)20-18-16(13-7-8-19-9-15(13)24-18)17-21-14(10-23-17)12-5-3-2-4-6-12;12-7-6-11-13-10(8-14-11)9-4-2-1-3-5-9;1-10(2,3)14-9(13)11-6-4-8(12)5-7-11;9-6-8(10)7-4-2-1-3-5-7;4-2-1-3(5)6/h5-9,13H,10-12H2,1-4H3,(H,24,27);4-8,12H,9-11,22H2,1-3H3;2-6,10,19H,7-9H2,1H3,(H,20,22);1-5,8H,6H2;4-7H2,1-3H3;1-5H,6H2;1H2,(H2,5,6). The lowest BCUT2D eigenvalue weighted by Crippen LogP contribution is -2.41.